The summed E-state index contributed by atoms with van der Waals surface area (Å²) in [4.78, 5) is 17.7. The summed E-state index contributed by atoms with van der Waals surface area (Å²) in [6, 6.07) is 1.95. The first-order chi connectivity index (χ1) is 12.8. The largest absolute Gasteiger partial charge is 0.361 e. The molecule has 0 aliphatic heterocycles. The summed E-state index contributed by atoms with van der Waals surface area (Å²) in [5, 5.41) is 3.99. The van der Waals surface area contributed by atoms with Crippen LogP contribution in [0.2, 0.25) is 0 Å². The highest BCUT2D eigenvalue weighted by atomic mass is 127. The highest BCUT2D eigenvalue weighted by Gasteiger charge is 2.39. The van der Waals surface area contributed by atoms with Gasteiger partial charge in [0.2, 0.25) is 5.92 Å². The fraction of sp³-hybridized carbons (Fsp3) is 0.450. The highest BCUT2D eigenvalue weighted by Crippen LogP contribution is 2.44. The Kier molecular flexibility index (Phi) is 4.68. The normalized spacial score (nSPS) is 21.8. The van der Waals surface area contributed by atoms with Gasteiger partial charge < -0.3 is 4.52 Å². The molecule has 2 aromatic heterocycles. The van der Waals surface area contributed by atoms with Gasteiger partial charge in [-0.2, -0.15) is 0 Å². The van der Waals surface area contributed by atoms with E-state index in [2.05, 4.69) is 32.7 Å². The second-order valence-electron chi connectivity index (χ2n) is 7.33. The quantitative estimate of drug-likeness (QED) is 0.419. The van der Waals surface area contributed by atoms with Crippen LogP contribution in [0.25, 0.3) is 16.7 Å². The number of Topliss-reactive ketones (excluding diaryl/α,β-unsaturated/α-hetero) is 1. The molecule has 0 spiro atoms. The molecule has 1 unspecified atom stereocenters. The molecule has 1 saturated carbocycles. The number of carbonyl (C=O) groups excluding carboxylic acids is 1. The Morgan fingerprint density at radius 3 is 2.63 bits per heavy atom. The smallest absolute Gasteiger partial charge is 0.248 e. The third-order valence-corrected chi connectivity index (χ3v) is 6.41. The summed E-state index contributed by atoms with van der Waals surface area (Å²) in [7, 11) is 0. The maximum Gasteiger partial charge on any atom is 0.248 e. The van der Waals surface area contributed by atoms with Gasteiger partial charge in [0.25, 0.3) is 0 Å². The number of fused-ring (bicyclic) bond motifs is 1. The van der Waals surface area contributed by atoms with E-state index in [-0.39, 0.29) is 41.3 Å². The number of aromatic nitrogens is 2. The topological polar surface area (TPSA) is 56.0 Å². The Bertz CT molecular complexity index is 922. The molecule has 1 fully saturated rings. The Morgan fingerprint density at radius 1 is 1.30 bits per heavy atom. The molecule has 0 saturated heterocycles. The van der Waals surface area contributed by atoms with E-state index in [0.717, 1.165) is 28.1 Å². The van der Waals surface area contributed by atoms with Crippen LogP contribution in [0.3, 0.4) is 0 Å². The molecular formula is C20H19F2IN2O2. The van der Waals surface area contributed by atoms with Crippen molar-refractivity contribution in [2.75, 3.05) is 0 Å². The average Bonchev–Trinajstić information content (AvgIpc) is 3.13. The molecule has 4 nitrogen and oxygen atoms in total. The first-order valence-electron chi connectivity index (χ1n) is 8.98. The van der Waals surface area contributed by atoms with Crippen molar-refractivity contribution >= 4 is 33.9 Å². The summed E-state index contributed by atoms with van der Waals surface area (Å²) in [5.41, 5.74) is 4.76. The molecule has 0 aromatic carbocycles. The van der Waals surface area contributed by atoms with Crippen molar-refractivity contribution in [2.24, 2.45) is 5.92 Å². The van der Waals surface area contributed by atoms with Crippen molar-refractivity contribution in [1.82, 2.24) is 10.1 Å². The number of aryl methyl sites for hydroxylation is 2. The lowest BCUT2D eigenvalue weighted by Crippen LogP contribution is -2.29. The Labute approximate surface area is 169 Å². The summed E-state index contributed by atoms with van der Waals surface area (Å²) in [5.74, 6) is -2.32. The van der Waals surface area contributed by atoms with E-state index in [1.165, 1.54) is 0 Å². The third-order valence-electron chi connectivity index (χ3n) is 5.46. The average molecular weight is 484 g/mol. The molecule has 142 valence electrons. The zero-order chi connectivity index (χ0) is 19.3. The molecule has 0 N–H and O–H groups in total. The molecule has 4 rings (SSSR count). The van der Waals surface area contributed by atoms with Crippen LogP contribution in [0.4, 0.5) is 8.78 Å². The molecule has 7 heteroatoms. The number of hydrogen-bond donors (Lipinski definition) is 0. The monoisotopic (exact) mass is 484 g/mol. The lowest BCUT2D eigenvalue weighted by molar-refractivity contribution is -0.121. The van der Waals surface area contributed by atoms with Gasteiger partial charge in [-0.25, -0.2) is 8.78 Å². The number of halogens is 3. The molecule has 1 atom stereocenters. The van der Waals surface area contributed by atoms with Crippen molar-refractivity contribution in [3.05, 3.63) is 41.1 Å². The zero-order valence-corrected chi connectivity index (χ0v) is 17.2. The highest BCUT2D eigenvalue weighted by molar-refractivity contribution is 14.1. The van der Waals surface area contributed by atoms with Gasteiger partial charge in [-0.05, 0) is 32.8 Å². The number of ketones is 1. The minimum absolute atomic E-state index is 0.000278. The van der Waals surface area contributed by atoms with Crippen molar-refractivity contribution in [3.63, 3.8) is 0 Å². The number of pyridine rings is 1. The number of rotatable bonds is 3. The maximum absolute atomic E-state index is 13.5. The molecule has 2 aromatic rings. The van der Waals surface area contributed by atoms with Gasteiger partial charge in [-0.3, -0.25) is 9.78 Å². The van der Waals surface area contributed by atoms with Crippen molar-refractivity contribution < 1.29 is 18.1 Å². The molecule has 0 amide bonds. The standard InChI is InChI=1S/C20H19F2IN2O2/c1-10-17(11(2)27-25-10)13-7-14-15(8-16(23)18(14)24-9-13)19(26)12-3-5-20(21,22)6-4-12/h7-9,12,16H,3-6H2,1-2H3. The summed E-state index contributed by atoms with van der Waals surface area (Å²) in [6.45, 7) is 3.71. The van der Waals surface area contributed by atoms with E-state index >= 15 is 0 Å². The van der Waals surface area contributed by atoms with Crippen LogP contribution in [-0.4, -0.2) is 21.8 Å². The van der Waals surface area contributed by atoms with Gasteiger partial charge in [0.15, 0.2) is 5.78 Å². The third kappa shape index (κ3) is 3.34. The van der Waals surface area contributed by atoms with E-state index in [1.807, 2.05) is 26.0 Å². The van der Waals surface area contributed by atoms with Crippen LogP contribution in [0.5, 0.6) is 0 Å². The zero-order valence-electron chi connectivity index (χ0n) is 15.1. The fourth-order valence-corrected chi connectivity index (χ4v) is 4.85. The van der Waals surface area contributed by atoms with E-state index in [4.69, 9.17) is 4.52 Å². The molecular weight excluding hydrogens is 465 g/mol. The second-order valence-corrected chi connectivity index (χ2v) is 8.67. The number of alkyl halides is 3. The van der Waals surface area contributed by atoms with Gasteiger partial charge in [0.05, 0.1) is 15.3 Å². The lowest BCUT2D eigenvalue weighted by Gasteiger charge is -2.27. The molecule has 2 aliphatic rings. The number of hydrogen-bond acceptors (Lipinski definition) is 4. The minimum Gasteiger partial charge on any atom is -0.361 e. The first kappa shape index (κ1) is 18.7. The van der Waals surface area contributed by atoms with Crippen molar-refractivity contribution in [2.45, 2.75) is 49.4 Å². The molecule has 0 bridgehead atoms. The number of carbonyl (C=O) groups is 1. The Morgan fingerprint density at radius 2 is 2.00 bits per heavy atom. The van der Waals surface area contributed by atoms with E-state index in [0.29, 0.717) is 11.3 Å². The summed E-state index contributed by atoms with van der Waals surface area (Å²) >= 11 is 2.24. The first-order valence-corrected chi connectivity index (χ1v) is 10.2. The molecule has 27 heavy (non-hydrogen) atoms. The molecule has 0 radical (unpaired) electrons. The Balaban J connectivity index is 1.67. The second kappa shape index (κ2) is 6.76. The van der Waals surface area contributed by atoms with Crippen LogP contribution in [0.1, 0.15) is 52.3 Å². The van der Waals surface area contributed by atoms with Gasteiger partial charge in [-0.1, -0.05) is 33.8 Å². The van der Waals surface area contributed by atoms with Gasteiger partial charge in [-0.15, -0.1) is 0 Å². The number of nitrogens with zero attached hydrogens (tertiary/aromatic N) is 2. The molecule has 2 heterocycles. The minimum atomic E-state index is -2.64. The van der Waals surface area contributed by atoms with Gasteiger partial charge in [0, 0.05) is 47.2 Å². The van der Waals surface area contributed by atoms with Crippen LogP contribution < -0.4 is 0 Å². The van der Waals surface area contributed by atoms with E-state index in [9.17, 15) is 13.6 Å². The van der Waals surface area contributed by atoms with Gasteiger partial charge >= 0.3 is 0 Å². The Hall–Kier alpha value is -1.64. The van der Waals surface area contributed by atoms with Crippen LogP contribution in [-0.2, 0) is 4.79 Å². The van der Waals surface area contributed by atoms with Crippen molar-refractivity contribution in [1.29, 1.82) is 0 Å². The van der Waals surface area contributed by atoms with E-state index < -0.39 is 5.92 Å². The van der Waals surface area contributed by atoms with E-state index in [1.54, 1.807) is 6.20 Å². The maximum atomic E-state index is 13.5. The molecule has 2 aliphatic carbocycles. The number of allylic oxidation sites excluding steroid dienone is 2. The van der Waals surface area contributed by atoms with Crippen LogP contribution >= 0.6 is 22.6 Å². The van der Waals surface area contributed by atoms with Crippen molar-refractivity contribution in [3.8, 4) is 11.1 Å². The lowest BCUT2D eigenvalue weighted by atomic mass is 9.81. The van der Waals surface area contributed by atoms with Crippen LogP contribution in [0.15, 0.2) is 22.9 Å². The SMILES string of the molecule is Cc1noc(C)c1-c1cnc2c(c1)C(C(=O)C1CCC(F)(F)CC1)=CC2I. The van der Waals surface area contributed by atoms with Gasteiger partial charge in [0.1, 0.15) is 5.76 Å². The predicted molar refractivity (Wildman–Crippen MR) is 106 cm³/mol. The summed E-state index contributed by atoms with van der Waals surface area (Å²) in [6.07, 6.45) is 3.73. The van der Waals surface area contributed by atoms with Crippen LogP contribution in [0, 0.1) is 19.8 Å². The summed E-state index contributed by atoms with van der Waals surface area (Å²) < 4.78 is 32.2. The fourth-order valence-electron chi connectivity index (χ4n) is 3.99. The predicted octanol–water partition coefficient (Wildman–Crippen LogP) is 5.62.